The molecule has 1 unspecified atom stereocenters. The highest BCUT2D eigenvalue weighted by molar-refractivity contribution is 9.11. The van der Waals surface area contributed by atoms with E-state index in [2.05, 4.69) is 68.9 Å². The molecular formula is C12H15Br2N. The lowest BCUT2D eigenvalue weighted by Crippen LogP contribution is -2.17. The second kappa shape index (κ2) is 5.83. The molecule has 0 aliphatic carbocycles. The first kappa shape index (κ1) is 12.9. The van der Waals surface area contributed by atoms with Crippen LogP contribution in [0.25, 0.3) is 0 Å². The summed E-state index contributed by atoms with van der Waals surface area (Å²) in [6.45, 7) is 6.00. The molecule has 1 atom stereocenters. The van der Waals surface area contributed by atoms with Gasteiger partial charge in [-0.15, -0.1) is 6.58 Å². The summed E-state index contributed by atoms with van der Waals surface area (Å²) in [5.41, 5.74) is 2.45. The van der Waals surface area contributed by atoms with Crippen LogP contribution in [0.15, 0.2) is 39.3 Å². The van der Waals surface area contributed by atoms with Crippen molar-refractivity contribution in [2.24, 2.45) is 0 Å². The summed E-state index contributed by atoms with van der Waals surface area (Å²) in [6, 6.07) is 6.57. The van der Waals surface area contributed by atoms with Crippen LogP contribution in [0.3, 0.4) is 0 Å². The maximum Gasteiger partial charge on any atom is 0.0366 e. The highest BCUT2D eigenvalue weighted by Gasteiger charge is 2.12. The molecule has 0 amide bonds. The Morgan fingerprint density at radius 2 is 2.13 bits per heavy atom. The van der Waals surface area contributed by atoms with E-state index in [0.29, 0.717) is 6.04 Å². The summed E-state index contributed by atoms with van der Waals surface area (Å²) >= 11 is 7.03. The first-order valence-corrected chi connectivity index (χ1v) is 6.39. The van der Waals surface area contributed by atoms with E-state index in [0.717, 1.165) is 15.4 Å². The normalized spacial score (nSPS) is 12.5. The fourth-order valence-electron chi connectivity index (χ4n) is 1.50. The molecule has 0 aliphatic rings. The molecule has 3 heteroatoms. The minimum absolute atomic E-state index is 0.324. The fourth-order valence-corrected chi connectivity index (χ4v) is 2.82. The molecule has 15 heavy (non-hydrogen) atoms. The van der Waals surface area contributed by atoms with E-state index >= 15 is 0 Å². The van der Waals surface area contributed by atoms with Crippen LogP contribution in [-0.4, -0.2) is 7.05 Å². The Balaban J connectivity index is 2.96. The van der Waals surface area contributed by atoms with E-state index in [1.807, 2.05) is 7.05 Å². The van der Waals surface area contributed by atoms with Crippen molar-refractivity contribution in [3.05, 3.63) is 44.9 Å². The molecule has 1 aromatic rings. The van der Waals surface area contributed by atoms with Crippen molar-refractivity contribution >= 4 is 31.9 Å². The molecule has 1 nitrogen and oxygen atoms in total. The van der Waals surface area contributed by atoms with E-state index in [1.54, 1.807) is 0 Å². The van der Waals surface area contributed by atoms with Crippen LogP contribution in [0.5, 0.6) is 0 Å². The molecule has 1 N–H and O–H groups in total. The Kier molecular flexibility index (Phi) is 5.03. The van der Waals surface area contributed by atoms with Gasteiger partial charge in [0.2, 0.25) is 0 Å². The standard InChI is InChI=1S/C12H15Br2N/c1-8(2)6-12(15-3)10-5-4-9(13)7-11(10)14/h4-5,7,12,15H,1,6H2,2-3H3. The van der Waals surface area contributed by atoms with Gasteiger partial charge in [-0.1, -0.05) is 43.5 Å². The molecule has 0 saturated heterocycles. The van der Waals surface area contributed by atoms with E-state index < -0.39 is 0 Å². The number of hydrogen-bond donors (Lipinski definition) is 1. The summed E-state index contributed by atoms with van der Waals surface area (Å²) in [4.78, 5) is 0. The Hall–Kier alpha value is -0.120. The largest absolute Gasteiger partial charge is 0.313 e. The topological polar surface area (TPSA) is 12.0 Å². The molecule has 0 aliphatic heterocycles. The van der Waals surface area contributed by atoms with Gasteiger partial charge in [-0.3, -0.25) is 0 Å². The maximum atomic E-state index is 3.95. The summed E-state index contributed by atoms with van der Waals surface area (Å²) < 4.78 is 2.21. The molecular weight excluding hydrogens is 318 g/mol. The van der Waals surface area contributed by atoms with Gasteiger partial charge < -0.3 is 5.32 Å². The second-order valence-corrected chi connectivity index (χ2v) is 5.44. The molecule has 0 saturated carbocycles. The van der Waals surface area contributed by atoms with Gasteiger partial charge in [-0.05, 0) is 38.1 Å². The Morgan fingerprint density at radius 3 is 2.60 bits per heavy atom. The van der Waals surface area contributed by atoms with Crippen LogP contribution >= 0.6 is 31.9 Å². The molecule has 0 fully saturated rings. The molecule has 82 valence electrons. The van der Waals surface area contributed by atoms with Crippen LogP contribution < -0.4 is 5.32 Å². The van der Waals surface area contributed by atoms with Crippen molar-refractivity contribution in [1.29, 1.82) is 0 Å². The smallest absolute Gasteiger partial charge is 0.0366 e. The third-order valence-corrected chi connectivity index (χ3v) is 3.42. The van der Waals surface area contributed by atoms with Crippen LogP contribution in [0.4, 0.5) is 0 Å². The van der Waals surface area contributed by atoms with Gasteiger partial charge in [0, 0.05) is 15.0 Å². The minimum Gasteiger partial charge on any atom is -0.313 e. The van der Waals surface area contributed by atoms with E-state index in [-0.39, 0.29) is 0 Å². The Labute approximate surface area is 108 Å². The number of halogens is 2. The zero-order chi connectivity index (χ0) is 11.4. The number of benzene rings is 1. The zero-order valence-electron chi connectivity index (χ0n) is 8.98. The molecule has 0 spiro atoms. The lowest BCUT2D eigenvalue weighted by Gasteiger charge is -2.18. The fraction of sp³-hybridized carbons (Fsp3) is 0.333. The van der Waals surface area contributed by atoms with Crippen molar-refractivity contribution in [3.63, 3.8) is 0 Å². The van der Waals surface area contributed by atoms with Gasteiger partial charge in [0.1, 0.15) is 0 Å². The molecule has 0 heterocycles. The number of rotatable bonds is 4. The van der Waals surface area contributed by atoms with Crippen LogP contribution in [0.2, 0.25) is 0 Å². The van der Waals surface area contributed by atoms with Crippen molar-refractivity contribution in [2.45, 2.75) is 19.4 Å². The van der Waals surface area contributed by atoms with E-state index in [9.17, 15) is 0 Å². The Bertz CT molecular complexity index is 361. The summed E-state index contributed by atoms with van der Waals surface area (Å²) in [5.74, 6) is 0. The van der Waals surface area contributed by atoms with Crippen molar-refractivity contribution in [2.75, 3.05) is 7.05 Å². The van der Waals surface area contributed by atoms with E-state index in [1.165, 1.54) is 11.1 Å². The molecule has 1 rings (SSSR count). The maximum absolute atomic E-state index is 3.95. The lowest BCUT2D eigenvalue weighted by atomic mass is 10.0. The van der Waals surface area contributed by atoms with Gasteiger partial charge in [-0.25, -0.2) is 0 Å². The van der Waals surface area contributed by atoms with Crippen molar-refractivity contribution in [3.8, 4) is 0 Å². The third kappa shape index (κ3) is 3.74. The predicted octanol–water partition coefficient (Wildman–Crippen LogP) is 4.44. The summed E-state index contributed by atoms with van der Waals surface area (Å²) in [7, 11) is 1.97. The average Bonchev–Trinajstić information content (AvgIpc) is 2.14. The van der Waals surface area contributed by atoms with Crippen molar-refractivity contribution in [1.82, 2.24) is 5.32 Å². The minimum atomic E-state index is 0.324. The third-order valence-electron chi connectivity index (χ3n) is 2.24. The molecule has 0 radical (unpaired) electrons. The summed E-state index contributed by atoms with van der Waals surface area (Å²) in [6.07, 6.45) is 0.955. The predicted molar refractivity (Wildman–Crippen MR) is 73.1 cm³/mol. The highest BCUT2D eigenvalue weighted by atomic mass is 79.9. The quantitative estimate of drug-likeness (QED) is 0.804. The summed E-state index contributed by atoms with van der Waals surface area (Å²) in [5, 5.41) is 3.30. The van der Waals surface area contributed by atoms with Crippen LogP contribution in [-0.2, 0) is 0 Å². The first-order valence-electron chi connectivity index (χ1n) is 4.81. The monoisotopic (exact) mass is 331 g/mol. The SMILES string of the molecule is C=C(C)CC(NC)c1ccc(Br)cc1Br. The van der Waals surface area contributed by atoms with Crippen molar-refractivity contribution < 1.29 is 0 Å². The average molecular weight is 333 g/mol. The highest BCUT2D eigenvalue weighted by Crippen LogP contribution is 2.29. The molecule has 0 bridgehead atoms. The number of hydrogen-bond acceptors (Lipinski definition) is 1. The first-order chi connectivity index (χ1) is 7.04. The van der Waals surface area contributed by atoms with Crippen LogP contribution in [0.1, 0.15) is 24.9 Å². The Morgan fingerprint density at radius 1 is 1.47 bits per heavy atom. The van der Waals surface area contributed by atoms with Gasteiger partial charge in [0.15, 0.2) is 0 Å². The van der Waals surface area contributed by atoms with Gasteiger partial charge in [0.25, 0.3) is 0 Å². The van der Waals surface area contributed by atoms with Crippen LogP contribution in [0, 0.1) is 0 Å². The lowest BCUT2D eigenvalue weighted by molar-refractivity contribution is 0.587. The second-order valence-electron chi connectivity index (χ2n) is 3.67. The van der Waals surface area contributed by atoms with Gasteiger partial charge >= 0.3 is 0 Å². The number of nitrogens with one attached hydrogen (secondary N) is 1. The zero-order valence-corrected chi connectivity index (χ0v) is 12.2. The van der Waals surface area contributed by atoms with Gasteiger partial charge in [-0.2, -0.15) is 0 Å². The van der Waals surface area contributed by atoms with E-state index in [4.69, 9.17) is 0 Å². The molecule has 1 aromatic carbocycles. The molecule has 0 aromatic heterocycles. The van der Waals surface area contributed by atoms with Gasteiger partial charge in [0.05, 0.1) is 0 Å².